The molecule has 0 spiro atoms. The fourth-order valence-corrected chi connectivity index (χ4v) is 2.27. The van der Waals surface area contributed by atoms with Crippen LogP contribution in [-0.4, -0.2) is 49.1 Å². The lowest BCUT2D eigenvalue weighted by Gasteiger charge is -2.09. The molecule has 1 aromatic heterocycles. The molecule has 1 saturated heterocycles. The Bertz CT molecular complexity index is 940. The lowest BCUT2D eigenvalue weighted by molar-refractivity contribution is 0.177. The molecule has 5 heteroatoms. The average Bonchev–Trinajstić information content (AvgIpc) is 3.16. The minimum atomic E-state index is -2.79. The van der Waals surface area contributed by atoms with Crippen molar-refractivity contribution in [2.24, 2.45) is 0 Å². The third kappa shape index (κ3) is 3.19. The van der Waals surface area contributed by atoms with Crippen molar-refractivity contribution in [2.45, 2.75) is 18.8 Å². The molecule has 1 aromatic carbocycles. The maximum absolute atomic E-state index is 11.4. The van der Waals surface area contributed by atoms with E-state index in [2.05, 4.69) is 10.3 Å². The highest BCUT2D eigenvalue weighted by molar-refractivity contribution is 5.84. The van der Waals surface area contributed by atoms with E-state index >= 15 is 0 Å². The van der Waals surface area contributed by atoms with Crippen LogP contribution in [0.15, 0.2) is 24.4 Å². The molecule has 1 aliphatic heterocycles. The van der Waals surface area contributed by atoms with Crippen LogP contribution >= 0.6 is 0 Å². The Morgan fingerprint density at radius 2 is 2.48 bits per heavy atom. The first kappa shape index (κ1) is 6.83. The summed E-state index contributed by atoms with van der Waals surface area (Å²) in [6.07, 6.45) is -1.45. The number of aromatic amines is 1. The van der Waals surface area contributed by atoms with E-state index in [1.165, 1.54) is 12.1 Å². The molecule has 1 atom stereocenters. The number of cyclic esters (lactones) is 1. The van der Waals surface area contributed by atoms with Crippen LogP contribution in [-0.2, 0) is 17.5 Å². The third-order valence-corrected chi connectivity index (χ3v) is 3.27. The Hall–Kier alpha value is -2.01. The number of carbonyl (C=O) groups excluding carboxylic acids is 1. The van der Waals surface area contributed by atoms with Gasteiger partial charge in [0.25, 0.3) is 0 Å². The zero-order chi connectivity index (χ0) is 22.5. The van der Waals surface area contributed by atoms with Gasteiger partial charge in [-0.15, -0.1) is 0 Å². The molecule has 0 aliphatic carbocycles. The first-order valence-electron chi connectivity index (χ1n) is 11.0. The van der Waals surface area contributed by atoms with E-state index in [0.29, 0.717) is 21.4 Å². The maximum Gasteiger partial charge on any atom is 0.407 e. The Morgan fingerprint density at radius 3 is 3.24 bits per heavy atom. The number of carbonyl (C=O) groups is 1. The third-order valence-electron chi connectivity index (χ3n) is 3.27. The second kappa shape index (κ2) is 5.77. The normalized spacial score (nSPS) is 30.0. The number of benzene rings is 1. The molecular formula is C16H21N3O2. The highest BCUT2D eigenvalue weighted by Crippen LogP contribution is 2.21. The molecule has 2 aromatic rings. The average molecular weight is 296 g/mol. The molecule has 21 heavy (non-hydrogen) atoms. The number of aromatic nitrogens is 1. The zero-order valence-electron chi connectivity index (χ0n) is 20.2. The van der Waals surface area contributed by atoms with Gasteiger partial charge in [-0.3, -0.25) is 0 Å². The van der Waals surface area contributed by atoms with Crippen molar-refractivity contribution in [3.05, 3.63) is 35.5 Å². The van der Waals surface area contributed by atoms with Crippen molar-refractivity contribution in [1.29, 1.82) is 0 Å². The van der Waals surface area contributed by atoms with E-state index in [-0.39, 0.29) is 18.5 Å². The summed E-state index contributed by atoms with van der Waals surface area (Å²) in [7, 11) is 0. The second-order valence-corrected chi connectivity index (χ2v) is 4.78. The number of nitrogens with one attached hydrogen (secondary N) is 2. The van der Waals surface area contributed by atoms with Crippen LogP contribution in [0.1, 0.15) is 23.5 Å². The van der Waals surface area contributed by atoms with Gasteiger partial charge in [-0.25, -0.2) is 4.79 Å². The fraction of sp³-hybridized carbons (Fsp3) is 0.438. The summed E-state index contributed by atoms with van der Waals surface area (Å²) in [6, 6.07) is 2.60. The molecule has 5 nitrogen and oxygen atoms in total. The van der Waals surface area contributed by atoms with Gasteiger partial charge in [0.2, 0.25) is 0 Å². The highest BCUT2D eigenvalue weighted by Gasteiger charge is 2.22. The molecule has 1 amide bonds. The predicted molar refractivity (Wildman–Crippen MR) is 82.5 cm³/mol. The van der Waals surface area contributed by atoms with E-state index in [1.54, 1.807) is 12.3 Å². The van der Waals surface area contributed by atoms with Gasteiger partial charge in [0, 0.05) is 34.6 Å². The monoisotopic (exact) mass is 296 g/mol. The fourth-order valence-electron chi connectivity index (χ4n) is 2.27. The van der Waals surface area contributed by atoms with E-state index in [9.17, 15) is 4.79 Å². The summed E-state index contributed by atoms with van der Waals surface area (Å²) in [6.45, 7) is -6.30. The summed E-state index contributed by atoms with van der Waals surface area (Å²) in [5.41, 5.74) is 1.37. The lowest BCUT2D eigenvalue weighted by atomic mass is 10.0. The summed E-state index contributed by atoms with van der Waals surface area (Å²) >= 11 is 0. The van der Waals surface area contributed by atoms with Gasteiger partial charge >= 0.3 is 6.09 Å². The van der Waals surface area contributed by atoms with Crippen LogP contribution < -0.4 is 5.32 Å². The highest BCUT2D eigenvalue weighted by atomic mass is 16.6. The molecule has 0 unspecified atom stereocenters. The summed E-state index contributed by atoms with van der Waals surface area (Å²) in [5, 5.41) is 2.76. The number of alkyl carbamates (subject to hydrolysis) is 1. The van der Waals surface area contributed by atoms with Crippen LogP contribution in [0.25, 0.3) is 10.9 Å². The number of fused-ring (bicyclic) bond motifs is 1. The Balaban J connectivity index is 1.91. The van der Waals surface area contributed by atoms with Gasteiger partial charge < -0.3 is 19.9 Å². The van der Waals surface area contributed by atoms with Crippen molar-refractivity contribution in [3.8, 4) is 0 Å². The second-order valence-electron chi connectivity index (χ2n) is 4.78. The van der Waals surface area contributed by atoms with Crippen molar-refractivity contribution >= 4 is 17.0 Å². The van der Waals surface area contributed by atoms with E-state index in [1.807, 2.05) is 0 Å². The molecule has 0 radical (unpaired) electrons. The zero-order valence-corrected chi connectivity index (χ0v) is 11.2. The van der Waals surface area contributed by atoms with Crippen LogP contribution in [0, 0.1) is 0 Å². The van der Waals surface area contributed by atoms with Gasteiger partial charge in [-0.05, 0) is 50.0 Å². The molecule has 1 fully saturated rings. The number of amides is 1. The number of rotatable bonds is 5. The van der Waals surface area contributed by atoms with Gasteiger partial charge in [-0.2, -0.15) is 0 Å². The largest absolute Gasteiger partial charge is 0.447 e. The maximum atomic E-state index is 11.4. The Morgan fingerprint density at radius 1 is 1.57 bits per heavy atom. The standard InChI is InChI=1S/C16H21N3O2/c1-19(2)6-5-12-9-17-15-4-3-11(8-14(12)15)7-13-10-21-16(20)18-13/h3-4,8-9,13,17H,5-7,10H2,1-2H3,(H,18,20)/t13-/m0/s1/i1D3,2D3,7D2,13D. The predicted octanol–water partition coefficient (Wildman–Crippen LogP) is 1.92. The van der Waals surface area contributed by atoms with Crippen LogP contribution in [0.4, 0.5) is 4.79 Å². The molecule has 1 aliphatic rings. The molecule has 112 valence electrons. The minimum Gasteiger partial charge on any atom is -0.447 e. The van der Waals surface area contributed by atoms with Gasteiger partial charge in [0.1, 0.15) is 6.61 Å². The molecular weight excluding hydrogens is 266 g/mol. The summed E-state index contributed by atoms with van der Waals surface area (Å²) in [5.74, 6) is 0. The van der Waals surface area contributed by atoms with Crippen molar-refractivity contribution < 1.29 is 21.9 Å². The molecule has 2 heterocycles. The molecule has 0 bridgehead atoms. The first-order valence-corrected chi connectivity index (χ1v) is 6.48. The van der Waals surface area contributed by atoms with E-state index in [4.69, 9.17) is 17.1 Å². The van der Waals surface area contributed by atoms with Crippen LogP contribution in [0.5, 0.6) is 0 Å². The lowest BCUT2D eigenvalue weighted by Crippen LogP contribution is -2.28. The number of hydrogen-bond acceptors (Lipinski definition) is 3. The van der Waals surface area contributed by atoms with Crippen molar-refractivity contribution in [1.82, 2.24) is 15.2 Å². The quantitative estimate of drug-likeness (QED) is 0.886. The van der Waals surface area contributed by atoms with E-state index < -0.39 is 39.0 Å². The van der Waals surface area contributed by atoms with Crippen molar-refractivity contribution in [2.75, 3.05) is 27.1 Å². The number of nitrogens with zero attached hydrogens (tertiary/aromatic N) is 1. The van der Waals surface area contributed by atoms with Gasteiger partial charge in [0.15, 0.2) is 0 Å². The SMILES string of the molecule is [2H]C([2H])([2H])N(CCc1c[nH]c2ccc(C([2H])([2H])[C@@]3([2H])COC(=O)N3)cc12)C([2H])([2H])[2H]. The number of ether oxygens (including phenoxy) is 1. The summed E-state index contributed by atoms with van der Waals surface area (Å²) < 4.78 is 74.6. The molecule has 2 N–H and O–H groups in total. The summed E-state index contributed by atoms with van der Waals surface area (Å²) in [4.78, 5) is 14.8. The smallest absolute Gasteiger partial charge is 0.407 e. The van der Waals surface area contributed by atoms with Gasteiger partial charge in [0.05, 0.1) is 7.39 Å². The minimum absolute atomic E-state index is 0.0924. The number of likely N-dealkylation sites (N-methyl/N-ethyl adjacent to an activating group) is 1. The van der Waals surface area contributed by atoms with Crippen molar-refractivity contribution in [3.63, 3.8) is 0 Å². The number of H-pyrrole nitrogens is 1. The Kier molecular flexibility index (Phi) is 1.88. The van der Waals surface area contributed by atoms with Crippen LogP contribution in [0.2, 0.25) is 0 Å². The molecule has 0 saturated carbocycles. The number of hydrogen-bond donors (Lipinski definition) is 2. The molecule has 3 rings (SSSR count). The van der Waals surface area contributed by atoms with Gasteiger partial charge in [-0.1, -0.05) is 6.07 Å². The van der Waals surface area contributed by atoms with E-state index in [0.717, 1.165) is 0 Å². The topological polar surface area (TPSA) is 57.4 Å². The first-order chi connectivity index (χ1) is 13.6. The van der Waals surface area contributed by atoms with Crippen LogP contribution in [0.3, 0.4) is 0 Å². The Labute approximate surface area is 136 Å².